The van der Waals surface area contributed by atoms with Crippen molar-refractivity contribution >= 4 is 0 Å². The minimum atomic E-state index is -0.481. The highest BCUT2D eigenvalue weighted by Gasteiger charge is 2.40. The minimum Gasteiger partial charge on any atom is -0.393 e. The van der Waals surface area contributed by atoms with Crippen LogP contribution in [0.15, 0.2) is 23.3 Å². The van der Waals surface area contributed by atoms with E-state index < -0.39 is 5.60 Å². The first-order valence-electron chi connectivity index (χ1n) is 11.8. The zero-order chi connectivity index (χ0) is 20.2. The first-order valence-corrected chi connectivity index (χ1v) is 11.8. The molecule has 0 heterocycles. The lowest BCUT2D eigenvalue weighted by Gasteiger charge is -2.35. The summed E-state index contributed by atoms with van der Waals surface area (Å²) in [7, 11) is 0. The molecule has 3 heteroatoms. The van der Waals surface area contributed by atoms with Gasteiger partial charge in [0.2, 0.25) is 0 Å². The van der Waals surface area contributed by atoms with Gasteiger partial charge >= 0.3 is 0 Å². The van der Waals surface area contributed by atoms with Gasteiger partial charge in [-0.2, -0.15) is 0 Å². The Kier molecular flexibility index (Phi) is 7.44. The maximum Gasteiger partial charge on any atom is 0.0617 e. The zero-order valence-electron chi connectivity index (χ0n) is 18.1. The fourth-order valence-corrected chi connectivity index (χ4v) is 5.94. The Hall–Kier alpha value is -0.640. The molecule has 0 aromatic rings. The SMILES string of the molecule is CCC(C)(O)CCCC1CCC2(CCC/C(=C\C=C3C[C@@H](O)C[C@H](O)C3)C2)C1. The van der Waals surface area contributed by atoms with E-state index in [9.17, 15) is 15.3 Å². The van der Waals surface area contributed by atoms with E-state index in [0.29, 0.717) is 11.8 Å². The Morgan fingerprint density at radius 1 is 1.11 bits per heavy atom. The van der Waals surface area contributed by atoms with Crippen molar-refractivity contribution in [3.63, 3.8) is 0 Å². The smallest absolute Gasteiger partial charge is 0.0617 e. The van der Waals surface area contributed by atoms with E-state index in [4.69, 9.17) is 0 Å². The van der Waals surface area contributed by atoms with Gasteiger partial charge in [-0.05, 0) is 95.3 Å². The van der Waals surface area contributed by atoms with Crippen LogP contribution in [0, 0.1) is 11.3 Å². The van der Waals surface area contributed by atoms with Crippen molar-refractivity contribution in [3.8, 4) is 0 Å². The maximum absolute atomic E-state index is 10.2. The lowest BCUT2D eigenvalue weighted by atomic mass is 9.70. The van der Waals surface area contributed by atoms with Crippen LogP contribution in [0.2, 0.25) is 0 Å². The van der Waals surface area contributed by atoms with Crippen LogP contribution in [0.3, 0.4) is 0 Å². The second-order valence-corrected chi connectivity index (χ2v) is 10.5. The molecular formula is C25H42O3. The summed E-state index contributed by atoms with van der Waals surface area (Å²) in [5.74, 6) is 0.842. The average Bonchev–Trinajstić information content (AvgIpc) is 3.01. The molecule has 5 atom stereocenters. The molecule has 0 aromatic heterocycles. The van der Waals surface area contributed by atoms with Crippen molar-refractivity contribution in [1.82, 2.24) is 0 Å². The molecular weight excluding hydrogens is 348 g/mol. The summed E-state index contributed by atoms with van der Waals surface area (Å²) in [5.41, 5.74) is 2.81. The lowest BCUT2D eigenvalue weighted by molar-refractivity contribution is 0.0430. The predicted molar refractivity (Wildman–Crippen MR) is 115 cm³/mol. The van der Waals surface area contributed by atoms with Gasteiger partial charge in [-0.15, -0.1) is 0 Å². The van der Waals surface area contributed by atoms with Crippen molar-refractivity contribution in [1.29, 1.82) is 0 Å². The van der Waals surface area contributed by atoms with Crippen molar-refractivity contribution in [2.45, 2.75) is 122 Å². The first kappa shape index (κ1) is 22.1. The van der Waals surface area contributed by atoms with E-state index in [-0.39, 0.29) is 12.2 Å². The van der Waals surface area contributed by atoms with E-state index in [2.05, 4.69) is 19.1 Å². The molecule has 0 amide bonds. The van der Waals surface area contributed by atoms with Gasteiger partial charge in [-0.3, -0.25) is 0 Å². The standard InChI is InChI=1S/C25H42O3/c1-3-24(2,28)11-4-6-20-10-13-25(18-20)12-5-7-19(17-25)8-9-21-14-22(26)16-23(27)15-21/h8-9,20,22-23,26-28H,3-7,10-18H2,1-2H3/b19-8+/t20?,22-,23-,24?,25?/m1/s1. The van der Waals surface area contributed by atoms with Crippen LogP contribution in [-0.2, 0) is 0 Å². The third kappa shape index (κ3) is 6.18. The average molecular weight is 391 g/mol. The van der Waals surface area contributed by atoms with Gasteiger partial charge in [0.1, 0.15) is 0 Å². The van der Waals surface area contributed by atoms with Gasteiger partial charge in [-0.1, -0.05) is 43.1 Å². The molecule has 3 aliphatic rings. The Bertz CT molecular complexity index is 564. The molecule has 3 saturated carbocycles. The number of hydrogen-bond acceptors (Lipinski definition) is 3. The van der Waals surface area contributed by atoms with Crippen LogP contribution >= 0.6 is 0 Å². The molecule has 0 aromatic carbocycles. The number of aliphatic hydroxyl groups is 3. The quantitative estimate of drug-likeness (QED) is 0.566. The monoisotopic (exact) mass is 390 g/mol. The van der Waals surface area contributed by atoms with Crippen LogP contribution in [0.25, 0.3) is 0 Å². The van der Waals surface area contributed by atoms with E-state index in [0.717, 1.165) is 38.0 Å². The molecule has 3 aliphatic carbocycles. The van der Waals surface area contributed by atoms with Gasteiger partial charge in [0.15, 0.2) is 0 Å². The van der Waals surface area contributed by atoms with Gasteiger partial charge < -0.3 is 15.3 Å². The van der Waals surface area contributed by atoms with E-state index in [1.54, 1.807) is 5.57 Å². The van der Waals surface area contributed by atoms with Gasteiger partial charge in [0.25, 0.3) is 0 Å². The van der Waals surface area contributed by atoms with Gasteiger partial charge in [0, 0.05) is 0 Å². The van der Waals surface area contributed by atoms with Gasteiger partial charge in [0.05, 0.1) is 17.8 Å². The topological polar surface area (TPSA) is 60.7 Å². The molecule has 3 nitrogen and oxygen atoms in total. The van der Waals surface area contributed by atoms with Crippen molar-refractivity contribution in [2.24, 2.45) is 11.3 Å². The third-order valence-corrected chi connectivity index (χ3v) is 7.80. The molecule has 3 fully saturated rings. The summed E-state index contributed by atoms with van der Waals surface area (Å²) in [5, 5.41) is 30.0. The number of allylic oxidation sites excluding steroid dienone is 3. The largest absolute Gasteiger partial charge is 0.393 e. The Labute approximate surface area is 171 Å². The minimum absolute atomic E-state index is 0.379. The summed E-state index contributed by atoms with van der Waals surface area (Å²) in [6, 6.07) is 0. The molecule has 160 valence electrons. The molecule has 0 saturated heterocycles. The summed E-state index contributed by atoms with van der Waals surface area (Å²) in [6.07, 6.45) is 19.1. The summed E-state index contributed by atoms with van der Waals surface area (Å²) in [6.45, 7) is 4.05. The Balaban J connectivity index is 1.52. The first-order chi connectivity index (χ1) is 13.3. The number of aliphatic hydroxyl groups excluding tert-OH is 2. The molecule has 3 rings (SSSR count). The number of rotatable bonds is 6. The van der Waals surface area contributed by atoms with E-state index in [1.807, 2.05) is 6.92 Å². The van der Waals surface area contributed by atoms with Crippen molar-refractivity contribution < 1.29 is 15.3 Å². The highest BCUT2D eigenvalue weighted by Crippen LogP contribution is 2.53. The van der Waals surface area contributed by atoms with Crippen LogP contribution in [0.5, 0.6) is 0 Å². The molecule has 3 unspecified atom stereocenters. The fraction of sp³-hybridized carbons (Fsp3) is 0.840. The third-order valence-electron chi connectivity index (χ3n) is 7.80. The van der Waals surface area contributed by atoms with Crippen molar-refractivity contribution in [2.75, 3.05) is 0 Å². The molecule has 0 bridgehead atoms. The highest BCUT2D eigenvalue weighted by atomic mass is 16.3. The Morgan fingerprint density at radius 3 is 2.54 bits per heavy atom. The lowest BCUT2D eigenvalue weighted by Crippen LogP contribution is -2.25. The van der Waals surface area contributed by atoms with Crippen molar-refractivity contribution in [3.05, 3.63) is 23.3 Å². The summed E-state index contributed by atoms with van der Waals surface area (Å²) < 4.78 is 0. The van der Waals surface area contributed by atoms with Crippen LogP contribution in [0.4, 0.5) is 0 Å². The van der Waals surface area contributed by atoms with Gasteiger partial charge in [-0.25, -0.2) is 0 Å². The molecule has 1 spiro atoms. The second kappa shape index (κ2) is 9.45. The number of hydrogen-bond donors (Lipinski definition) is 3. The van der Waals surface area contributed by atoms with Crippen LogP contribution in [-0.4, -0.2) is 33.1 Å². The summed E-state index contributed by atoms with van der Waals surface area (Å²) >= 11 is 0. The predicted octanol–water partition coefficient (Wildman–Crippen LogP) is 5.44. The van der Waals surface area contributed by atoms with Crippen LogP contribution < -0.4 is 0 Å². The Morgan fingerprint density at radius 2 is 1.82 bits per heavy atom. The molecule has 0 aliphatic heterocycles. The summed E-state index contributed by atoms with van der Waals surface area (Å²) in [4.78, 5) is 0. The van der Waals surface area contributed by atoms with E-state index >= 15 is 0 Å². The normalized spacial score (nSPS) is 37.4. The maximum atomic E-state index is 10.2. The molecule has 28 heavy (non-hydrogen) atoms. The molecule has 0 radical (unpaired) electrons. The van der Waals surface area contributed by atoms with Crippen LogP contribution in [0.1, 0.15) is 104 Å². The zero-order valence-corrected chi connectivity index (χ0v) is 18.1. The second-order valence-electron chi connectivity index (χ2n) is 10.5. The molecule has 3 N–H and O–H groups in total. The fourth-order valence-electron chi connectivity index (χ4n) is 5.94. The highest BCUT2D eigenvalue weighted by molar-refractivity contribution is 5.22. The van der Waals surface area contributed by atoms with E-state index in [1.165, 1.54) is 56.9 Å².